The number of hydrogen-bond acceptors (Lipinski definition) is 5. The normalized spacial score (nSPS) is 11.3. The first-order valence-corrected chi connectivity index (χ1v) is 7.43. The van der Waals surface area contributed by atoms with Gasteiger partial charge in [-0.3, -0.25) is 0 Å². The summed E-state index contributed by atoms with van der Waals surface area (Å²) in [6.07, 6.45) is 4.50. The van der Waals surface area contributed by atoms with Crippen LogP contribution in [0.1, 0.15) is 28.1 Å². The molecule has 2 N–H and O–H groups in total. The number of hydrogen-bond donors (Lipinski definition) is 1. The molecule has 3 aromatic rings. The van der Waals surface area contributed by atoms with E-state index in [0.29, 0.717) is 5.82 Å². The van der Waals surface area contributed by atoms with Crippen LogP contribution in [0.15, 0.2) is 12.5 Å². The molecule has 3 rings (SSSR count). The van der Waals surface area contributed by atoms with Crippen LogP contribution in [0.2, 0.25) is 0 Å². The Bertz CT molecular complexity index is 771. The van der Waals surface area contributed by atoms with Crippen LogP contribution >= 0.6 is 11.3 Å². The third-order valence-electron chi connectivity index (χ3n) is 3.68. The summed E-state index contributed by atoms with van der Waals surface area (Å²) in [5, 5.41) is 2.05. The predicted molar refractivity (Wildman–Crippen MR) is 82.0 cm³/mol. The smallest absolute Gasteiger partial charge is 0.146 e. The molecule has 3 heterocycles. The molecule has 0 aliphatic rings. The lowest BCUT2D eigenvalue weighted by atomic mass is 10.2. The lowest BCUT2D eigenvalue weighted by Gasteiger charge is -2.05. The Balaban J connectivity index is 2.11. The van der Waals surface area contributed by atoms with Crippen molar-refractivity contribution in [2.45, 2.75) is 33.7 Å². The zero-order valence-corrected chi connectivity index (χ0v) is 12.7. The van der Waals surface area contributed by atoms with Crippen molar-refractivity contribution in [3.63, 3.8) is 0 Å². The molecule has 5 nitrogen and oxygen atoms in total. The predicted octanol–water partition coefficient (Wildman–Crippen LogP) is 2.70. The lowest BCUT2D eigenvalue weighted by Crippen LogP contribution is -2.03. The Kier molecular flexibility index (Phi) is 3.17. The van der Waals surface area contributed by atoms with Crippen molar-refractivity contribution in [2.24, 2.45) is 0 Å². The van der Waals surface area contributed by atoms with E-state index in [0.717, 1.165) is 34.6 Å². The number of nitrogens with two attached hydrogens (primary N) is 1. The van der Waals surface area contributed by atoms with Gasteiger partial charge in [0.15, 0.2) is 0 Å². The van der Waals surface area contributed by atoms with Crippen molar-refractivity contribution < 1.29 is 0 Å². The van der Waals surface area contributed by atoms with E-state index in [2.05, 4.69) is 40.3 Å². The fraction of sp³-hybridized carbons (Fsp3) is 0.357. The van der Waals surface area contributed by atoms with E-state index < -0.39 is 0 Å². The van der Waals surface area contributed by atoms with Crippen LogP contribution in [-0.2, 0) is 13.0 Å². The molecule has 0 unspecified atom stereocenters. The third kappa shape index (κ3) is 1.96. The van der Waals surface area contributed by atoms with Crippen molar-refractivity contribution in [1.29, 1.82) is 0 Å². The Hall–Kier alpha value is -1.95. The van der Waals surface area contributed by atoms with E-state index in [-0.39, 0.29) is 0 Å². The second kappa shape index (κ2) is 4.86. The van der Waals surface area contributed by atoms with E-state index >= 15 is 0 Å². The Labute approximate surface area is 121 Å². The second-order valence-corrected chi connectivity index (χ2v) is 6.03. The van der Waals surface area contributed by atoms with Crippen molar-refractivity contribution in [3.05, 3.63) is 33.7 Å². The average Bonchev–Trinajstić information content (AvgIpc) is 2.99. The number of anilines is 1. The molecule has 104 valence electrons. The third-order valence-corrected chi connectivity index (χ3v) is 4.80. The van der Waals surface area contributed by atoms with Gasteiger partial charge in [0, 0.05) is 16.8 Å². The van der Waals surface area contributed by atoms with E-state index in [1.165, 1.54) is 16.9 Å². The summed E-state index contributed by atoms with van der Waals surface area (Å²) >= 11 is 1.75. The van der Waals surface area contributed by atoms with Crippen molar-refractivity contribution in [2.75, 3.05) is 5.73 Å². The van der Waals surface area contributed by atoms with Crippen LogP contribution in [0.4, 0.5) is 5.82 Å². The second-order valence-electron chi connectivity index (χ2n) is 4.83. The van der Waals surface area contributed by atoms with Crippen LogP contribution in [-0.4, -0.2) is 19.5 Å². The summed E-state index contributed by atoms with van der Waals surface area (Å²) < 4.78 is 2.17. The van der Waals surface area contributed by atoms with Gasteiger partial charge in [0.05, 0.1) is 11.9 Å². The summed E-state index contributed by atoms with van der Waals surface area (Å²) in [4.78, 5) is 14.3. The SMILES string of the molecule is CCc1cnc(Cn2c(C)c(C)c3c(N)ncnc32)s1. The first-order valence-electron chi connectivity index (χ1n) is 6.61. The summed E-state index contributed by atoms with van der Waals surface area (Å²) in [6.45, 7) is 7.03. The number of nitrogen functional groups attached to an aromatic ring is 1. The molecule has 0 atom stereocenters. The van der Waals surface area contributed by atoms with Gasteiger partial charge in [0.2, 0.25) is 0 Å². The van der Waals surface area contributed by atoms with Crippen LogP contribution in [0.3, 0.4) is 0 Å². The first kappa shape index (κ1) is 13.1. The topological polar surface area (TPSA) is 69.6 Å². The fourth-order valence-corrected chi connectivity index (χ4v) is 3.26. The molecule has 0 spiro atoms. The molecule has 0 saturated carbocycles. The molecule has 20 heavy (non-hydrogen) atoms. The highest BCUT2D eigenvalue weighted by Gasteiger charge is 2.16. The van der Waals surface area contributed by atoms with Crippen LogP contribution in [0.5, 0.6) is 0 Å². The van der Waals surface area contributed by atoms with Crippen LogP contribution in [0.25, 0.3) is 11.0 Å². The molecule has 0 bridgehead atoms. The maximum absolute atomic E-state index is 5.98. The molecule has 0 aromatic carbocycles. The zero-order valence-electron chi connectivity index (χ0n) is 11.8. The van der Waals surface area contributed by atoms with Crippen molar-refractivity contribution in [3.8, 4) is 0 Å². The molecule has 0 fully saturated rings. The van der Waals surface area contributed by atoms with Gasteiger partial charge in [0.1, 0.15) is 22.8 Å². The van der Waals surface area contributed by atoms with Crippen molar-refractivity contribution >= 4 is 28.2 Å². The monoisotopic (exact) mass is 287 g/mol. The largest absolute Gasteiger partial charge is 0.383 e. The van der Waals surface area contributed by atoms with Gasteiger partial charge >= 0.3 is 0 Å². The van der Waals surface area contributed by atoms with E-state index in [1.807, 2.05) is 6.20 Å². The molecular formula is C14H17N5S. The highest BCUT2D eigenvalue weighted by atomic mass is 32.1. The van der Waals surface area contributed by atoms with Gasteiger partial charge in [-0.1, -0.05) is 6.92 Å². The Morgan fingerprint density at radius 1 is 1.25 bits per heavy atom. The number of thiazole rings is 1. The van der Waals surface area contributed by atoms with Gasteiger partial charge in [-0.25, -0.2) is 15.0 Å². The number of nitrogens with zero attached hydrogens (tertiary/aromatic N) is 4. The van der Waals surface area contributed by atoms with Crippen molar-refractivity contribution in [1.82, 2.24) is 19.5 Å². The summed E-state index contributed by atoms with van der Waals surface area (Å²) in [5.74, 6) is 0.544. The van der Waals surface area contributed by atoms with E-state index in [4.69, 9.17) is 5.73 Å². The highest BCUT2D eigenvalue weighted by molar-refractivity contribution is 7.11. The number of aromatic nitrogens is 4. The molecule has 3 aromatic heterocycles. The van der Waals surface area contributed by atoms with Gasteiger partial charge < -0.3 is 10.3 Å². The minimum Gasteiger partial charge on any atom is -0.383 e. The maximum atomic E-state index is 5.98. The van der Waals surface area contributed by atoms with Gasteiger partial charge in [-0.05, 0) is 25.8 Å². The lowest BCUT2D eigenvalue weighted by molar-refractivity contribution is 0.783. The molecule has 0 aliphatic heterocycles. The van der Waals surface area contributed by atoms with Gasteiger partial charge in [-0.15, -0.1) is 11.3 Å². The van der Waals surface area contributed by atoms with Crippen LogP contribution in [0, 0.1) is 13.8 Å². The van der Waals surface area contributed by atoms with Crippen LogP contribution < -0.4 is 5.73 Å². The quantitative estimate of drug-likeness (QED) is 0.804. The molecule has 0 amide bonds. The zero-order chi connectivity index (χ0) is 14.3. The van der Waals surface area contributed by atoms with Gasteiger partial charge in [0.25, 0.3) is 0 Å². The van der Waals surface area contributed by atoms with E-state index in [9.17, 15) is 0 Å². The molecular weight excluding hydrogens is 270 g/mol. The average molecular weight is 287 g/mol. The van der Waals surface area contributed by atoms with Gasteiger partial charge in [-0.2, -0.15) is 0 Å². The Morgan fingerprint density at radius 2 is 2.05 bits per heavy atom. The number of fused-ring (bicyclic) bond motifs is 1. The minimum absolute atomic E-state index is 0.544. The molecule has 6 heteroatoms. The van der Waals surface area contributed by atoms with E-state index in [1.54, 1.807) is 11.3 Å². The summed E-state index contributed by atoms with van der Waals surface area (Å²) in [6, 6.07) is 0. The maximum Gasteiger partial charge on any atom is 0.146 e. The first-order chi connectivity index (χ1) is 9.61. The summed E-state index contributed by atoms with van der Waals surface area (Å²) in [7, 11) is 0. The highest BCUT2D eigenvalue weighted by Crippen LogP contribution is 2.28. The fourth-order valence-electron chi connectivity index (χ4n) is 2.41. The minimum atomic E-state index is 0.544. The molecule has 0 aliphatic carbocycles. The number of rotatable bonds is 3. The molecule has 0 saturated heterocycles. The number of aryl methyl sites for hydroxylation is 2. The Morgan fingerprint density at radius 3 is 2.75 bits per heavy atom. The summed E-state index contributed by atoms with van der Waals surface area (Å²) in [5.41, 5.74) is 9.18. The standard InChI is InChI=1S/C14H17N5S/c1-4-10-5-16-11(20-10)6-19-9(3)8(2)12-13(15)17-7-18-14(12)19/h5,7H,4,6H2,1-3H3,(H2,15,17,18). The molecule has 0 radical (unpaired) electrons.